The molecule has 1 N–H and O–H groups in total. The summed E-state index contributed by atoms with van der Waals surface area (Å²) >= 11 is 1.85. The van der Waals surface area contributed by atoms with E-state index in [9.17, 15) is 4.79 Å². The molecule has 1 amide bonds. The molecule has 2 rings (SSSR count). The quantitative estimate of drug-likeness (QED) is 0.773. The van der Waals surface area contributed by atoms with Crippen molar-refractivity contribution in [3.05, 3.63) is 21.9 Å². The Morgan fingerprint density at radius 1 is 1.58 bits per heavy atom. The number of nitrogens with zero attached hydrogens (tertiary/aromatic N) is 1. The lowest BCUT2D eigenvalue weighted by Gasteiger charge is -2.26. The van der Waals surface area contributed by atoms with Crippen LogP contribution < -0.4 is 5.32 Å². The fourth-order valence-corrected chi connectivity index (χ4v) is 3.10. The van der Waals surface area contributed by atoms with Crippen LogP contribution in [-0.2, 0) is 22.5 Å². The Labute approximate surface area is 118 Å². The van der Waals surface area contributed by atoms with E-state index in [0.29, 0.717) is 13.2 Å². The topological polar surface area (TPSA) is 41.6 Å². The molecule has 1 aliphatic rings. The zero-order valence-corrected chi connectivity index (χ0v) is 12.3. The molecule has 0 fully saturated rings. The number of rotatable bonds is 7. The van der Waals surface area contributed by atoms with Crippen LogP contribution in [0.5, 0.6) is 0 Å². The Hall–Kier alpha value is -0.910. The molecule has 4 nitrogen and oxygen atoms in total. The van der Waals surface area contributed by atoms with Crippen molar-refractivity contribution < 1.29 is 9.53 Å². The van der Waals surface area contributed by atoms with Gasteiger partial charge in [0.05, 0.1) is 0 Å². The van der Waals surface area contributed by atoms with Gasteiger partial charge in [0.15, 0.2) is 0 Å². The number of fused-ring (bicyclic) bond motifs is 1. The SMILES string of the molecule is CCCOCC(=O)NCCN1CCc2sccc2C1. The van der Waals surface area contributed by atoms with E-state index in [1.54, 1.807) is 0 Å². The van der Waals surface area contributed by atoms with Crippen molar-refractivity contribution in [3.63, 3.8) is 0 Å². The summed E-state index contributed by atoms with van der Waals surface area (Å²) in [5.74, 6) is -0.0123. The Morgan fingerprint density at radius 3 is 3.32 bits per heavy atom. The second-order valence-corrected chi connectivity index (χ2v) is 5.80. The van der Waals surface area contributed by atoms with Crippen LogP contribution in [0, 0.1) is 0 Å². The molecule has 0 atom stereocenters. The summed E-state index contributed by atoms with van der Waals surface area (Å²) in [5.41, 5.74) is 1.45. The van der Waals surface area contributed by atoms with Crippen molar-refractivity contribution in [1.29, 1.82) is 0 Å². The molecule has 1 aromatic rings. The average molecular weight is 282 g/mol. The van der Waals surface area contributed by atoms with E-state index in [-0.39, 0.29) is 12.5 Å². The largest absolute Gasteiger partial charge is 0.372 e. The average Bonchev–Trinajstić information content (AvgIpc) is 2.86. The van der Waals surface area contributed by atoms with Gasteiger partial charge in [-0.3, -0.25) is 9.69 Å². The number of amides is 1. The predicted octanol–water partition coefficient (Wildman–Crippen LogP) is 1.65. The maximum atomic E-state index is 11.5. The van der Waals surface area contributed by atoms with Gasteiger partial charge < -0.3 is 10.1 Å². The molecule has 19 heavy (non-hydrogen) atoms. The highest BCUT2D eigenvalue weighted by Gasteiger charge is 2.16. The van der Waals surface area contributed by atoms with Gasteiger partial charge in [0.1, 0.15) is 6.61 Å². The third-order valence-corrected chi connectivity index (χ3v) is 4.24. The molecule has 0 unspecified atom stereocenters. The second-order valence-electron chi connectivity index (χ2n) is 4.80. The molecule has 1 aliphatic heterocycles. The zero-order valence-electron chi connectivity index (χ0n) is 11.5. The van der Waals surface area contributed by atoms with Crippen molar-refractivity contribution >= 4 is 17.2 Å². The number of carbonyl (C=O) groups is 1. The van der Waals surface area contributed by atoms with E-state index in [4.69, 9.17) is 4.74 Å². The lowest BCUT2D eigenvalue weighted by Crippen LogP contribution is -2.38. The molecule has 0 saturated carbocycles. The van der Waals surface area contributed by atoms with Crippen LogP contribution >= 0.6 is 11.3 Å². The molecular weight excluding hydrogens is 260 g/mol. The zero-order chi connectivity index (χ0) is 13.5. The highest BCUT2D eigenvalue weighted by molar-refractivity contribution is 7.10. The van der Waals surface area contributed by atoms with Gasteiger partial charge in [0.25, 0.3) is 0 Å². The fourth-order valence-electron chi connectivity index (χ4n) is 2.21. The summed E-state index contributed by atoms with van der Waals surface area (Å²) in [6.07, 6.45) is 2.09. The van der Waals surface area contributed by atoms with E-state index in [0.717, 1.165) is 32.5 Å². The number of hydrogen-bond acceptors (Lipinski definition) is 4. The molecule has 0 aliphatic carbocycles. The summed E-state index contributed by atoms with van der Waals surface area (Å²) in [6.45, 7) is 6.59. The van der Waals surface area contributed by atoms with E-state index in [1.807, 2.05) is 18.3 Å². The summed E-state index contributed by atoms with van der Waals surface area (Å²) in [6, 6.07) is 2.21. The maximum absolute atomic E-state index is 11.5. The fraction of sp³-hybridized carbons (Fsp3) is 0.643. The minimum absolute atomic E-state index is 0.0123. The van der Waals surface area contributed by atoms with Gasteiger partial charge in [-0.1, -0.05) is 6.92 Å². The van der Waals surface area contributed by atoms with Crippen LogP contribution in [0.4, 0.5) is 0 Å². The Morgan fingerprint density at radius 2 is 2.47 bits per heavy atom. The second kappa shape index (κ2) is 7.62. The molecule has 1 aromatic heterocycles. The molecule has 0 aromatic carbocycles. The van der Waals surface area contributed by atoms with Crippen LogP contribution in [0.2, 0.25) is 0 Å². The van der Waals surface area contributed by atoms with Crippen molar-refractivity contribution in [3.8, 4) is 0 Å². The Kier molecular flexibility index (Phi) is 5.82. The first-order valence-electron chi connectivity index (χ1n) is 6.91. The van der Waals surface area contributed by atoms with Crippen LogP contribution in [0.1, 0.15) is 23.8 Å². The van der Waals surface area contributed by atoms with Crippen molar-refractivity contribution in [2.45, 2.75) is 26.3 Å². The molecular formula is C14H22N2O2S. The first-order valence-corrected chi connectivity index (χ1v) is 7.79. The number of carbonyl (C=O) groups excluding carboxylic acids is 1. The van der Waals surface area contributed by atoms with Crippen molar-refractivity contribution in [2.24, 2.45) is 0 Å². The smallest absolute Gasteiger partial charge is 0.246 e. The molecule has 2 heterocycles. The standard InChI is InChI=1S/C14H22N2O2S/c1-2-8-18-11-14(17)15-5-7-16-6-3-13-12(10-16)4-9-19-13/h4,9H,2-3,5-8,10-11H2,1H3,(H,15,17). The Balaban J connectivity index is 1.60. The van der Waals surface area contributed by atoms with Gasteiger partial charge in [-0.15, -0.1) is 11.3 Å². The van der Waals surface area contributed by atoms with E-state index in [2.05, 4.69) is 21.7 Å². The predicted molar refractivity (Wildman–Crippen MR) is 77.4 cm³/mol. The van der Waals surface area contributed by atoms with Gasteiger partial charge >= 0.3 is 0 Å². The maximum Gasteiger partial charge on any atom is 0.246 e. The molecule has 0 radical (unpaired) electrons. The highest BCUT2D eigenvalue weighted by Crippen LogP contribution is 2.23. The van der Waals surface area contributed by atoms with Gasteiger partial charge in [-0.05, 0) is 29.9 Å². The molecule has 106 valence electrons. The number of nitrogens with one attached hydrogen (secondary N) is 1. The highest BCUT2D eigenvalue weighted by atomic mass is 32.1. The molecule has 0 saturated heterocycles. The first kappa shape index (κ1) is 14.5. The van der Waals surface area contributed by atoms with Crippen LogP contribution in [-0.4, -0.2) is 43.7 Å². The van der Waals surface area contributed by atoms with Gasteiger partial charge in [-0.2, -0.15) is 0 Å². The summed E-state index contributed by atoms with van der Waals surface area (Å²) in [7, 11) is 0. The Bertz CT molecular complexity index is 406. The summed E-state index contributed by atoms with van der Waals surface area (Å²) in [4.78, 5) is 15.4. The van der Waals surface area contributed by atoms with Gasteiger partial charge in [-0.25, -0.2) is 0 Å². The van der Waals surface area contributed by atoms with Gasteiger partial charge in [0.2, 0.25) is 5.91 Å². The normalized spacial score (nSPS) is 15.2. The van der Waals surface area contributed by atoms with E-state index in [1.165, 1.54) is 10.4 Å². The number of thiophene rings is 1. The van der Waals surface area contributed by atoms with E-state index >= 15 is 0 Å². The first-order chi connectivity index (χ1) is 9.29. The van der Waals surface area contributed by atoms with Crippen LogP contribution in [0.3, 0.4) is 0 Å². The molecule has 0 bridgehead atoms. The number of hydrogen-bond donors (Lipinski definition) is 1. The van der Waals surface area contributed by atoms with Crippen molar-refractivity contribution in [2.75, 3.05) is 32.8 Å². The summed E-state index contributed by atoms with van der Waals surface area (Å²) in [5, 5.41) is 5.07. The third-order valence-electron chi connectivity index (χ3n) is 3.22. The lowest BCUT2D eigenvalue weighted by atomic mass is 10.1. The minimum Gasteiger partial charge on any atom is -0.372 e. The monoisotopic (exact) mass is 282 g/mol. The minimum atomic E-state index is -0.0123. The van der Waals surface area contributed by atoms with Crippen molar-refractivity contribution in [1.82, 2.24) is 10.2 Å². The molecule has 0 spiro atoms. The summed E-state index contributed by atoms with van der Waals surface area (Å²) < 4.78 is 5.20. The third kappa shape index (κ3) is 4.60. The van der Waals surface area contributed by atoms with Crippen LogP contribution in [0.25, 0.3) is 0 Å². The molecule has 5 heteroatoms. The van der Waals surface area contributed by atoms with E-state index < -0.39 is 0 Å². The number of ether oxygens (including phenoxy) is 1. The van der Waals surface area contributed by atoms with Crippen LogP contribution in [0.15, 0.2) is 11.4 Å². The van der Waals surface area contributed by atoms with Gasteiger partial charge in [0, 0.05) is 37.7 Å². The lowest BCUT2D eigenvalue weighted by molar-refractivity contribution is -0.125.